The second kappa shape index (κ2) is 6.59. The van der Waals surface area contributed by atoms with E-state index in [4.69, 9.17) is 17.3 Å². The first-order chi connectivity index (χ1) is 11.5. The maximum absolute atomic E-state index is 12.7. The summed E-state index contributed by atoms with van der Waals surface area (Å²) in [6.07, 6.45) is 1.79. The van der Waals surface area contributed by atoms with Crippen molar-refractivity contribution in [2.45, 2.75) is 6.92 Å². The van der Waals surface area contributed by atoms with E-state index in [0.717, 1.165) is 11.1 Å². The van der Waals surface area contributed by atoms with Crippen molar-refractivity contribution >= 4 is 51.9 Å². The molecular weight excluding hydrogens is 342 g/mol. The SMILES string of the molecule is Cc1ccc(/C=C2/SC(=S)N(c3cccc(C(=O)O)c3)C2=O)cc1. The molecule has 1 N–H and O–H groups in total. The van der Waals surface area contributed by atoms with Crippen LogP contribution in [0.2, 0.25) is 0 Å². The molecule has 1 fully saturated rings. The molecule has 24 heavy (non-hydrogen) atoms. The number of rotatable bonds is 3. The first-order valence-electron chi connectivity index (χ1n) is 7.14. The molecular formula is C18H13NO3S2. The van der Waals surface area contributed by atoms with Crippen molar-refractivity contribution in [3.05, 3.63) is 70.1 Å². The maximum atomic E-state index is 12.7. The van der Waals surface area contributed by atoms with Crippen LogP contribution < -0.4 is 4.90 Å². The summed E-state index contributed by atoms with van der Waals surface area (Å²) in [6.45, 7) is 2.00. The Morgan fingerprint density at radius 3 is 2.58 bits per heavy atom. The molecule has 3 rings (SSSR count). The van der Waals surface area contributed by atoms with Gasteiger partial charge in [0.15, 0.2) is 4.32 Å². The number of hydrogen-bond donors (Lipinski definition) is 1. The monoisotopic (exact) mass is 355 g/mol. The number of carboxylic acids is 1. The molecule has 1 aliphatic rings. The molecule has 0 spiro atoms. The van der Waals surface area contributed by atoms with Gasteiger partial charge in [0.2, 0.25) is 0 Å². The van der Waals surface area contributed by atoms with Gasteiger partial charge >= 0.3 is 5.97 Å². The van der Waals surface area contributed by atoms with Crippen molar-refractivity contribution < 1.29 is 14.7 Å². The number of carbonyl (C=O) groups excluding carboxylic acids is 1. The van der Waals surface area contributed by atoms with Crippen LogP contribution in [-0.2, 0) is 4.79 Å². The zero-order chi connectivity index (χ0) is 17.3. The fourth-order valence-corrected chi connectivity index (χ4v) is 3.58. The lowest BCUT2D eigenvalue weighted by Gasteiger charge is -2.14. The molecule has 0 atom stereocenters. The van der Waals surface area contributed by atoms with E-state index in [9.17, 15) is 9.59 Å². The van der Waals surface area contributed by atoms with Crippen LogP contribution in [-0.4, -0.2) is 21.3 Å². The van der Waals surface area contributed by atoms with Crippen LogP contribution in [0.15, 0.2) is 53.4 Å². The summed E-state index contributed by atoms with van der Waals surface area (Å²) in [6, 6.07) is 14.0. The molecule has 120 valence electrons. The first-order valence-corrected chi connectivity index (χ1v) is 8.36. The minimum atomic E-state index is -1.04. The molecule has 4 nitrogen and oxygen atoms in total. The summed E-state index contributed by atoms with van der Waals surface area (Å²) in [7, 11) is 0. The number of carbonyl (C=O) groups is 2. The van der Waals surface area contributed by atoms with E-state index in [-0.39, 0.29) is 11.5 Å². The van der Waals surface area contributed by atoms with Crippen molar-refractivity contribution in [1.29, 1.82) is 0 Å². The van der Waals surface area contributed by atoms with E-state index in [1.54, 1.807) is 18.2 Å². The topological polar surface area (TPSA) is 57.6 Å². The molecule has 0 saturated carbocycles. The van der Waals surface area contributed by atoms with E-state index < -0.39 is 5.97 Å². The quantitative estimate of drug-likeness (QED) is 0.663. The predicted octanol–water partition coefficient (Wildman–Crippen LogP) is 4.10. The lowest BCUT2D eigenvalue weighted by Crippen LogP contribution is -2.27. The average molecular weight is 355 g/mol. The van der Waals surface area contributed by atoms with Gasteiger partial charge in [0.05, 0.1) is 16.2 Å². The smallest absolute Gasteiger partial charge is 0.335 e. The van der Waals surface area contributed by atoms with Crippen LogP contribution in [0, 0.1) is 6.92 Å². The average Bonchev–Trinajstić information content (AvgIpc) is 2.83. The number of hydrogen-bond acceptors (Lipinski definition) is 4. The largest absolute Gasteiger partial charge is 0.478 e. The summed E-state index contributed by atoms with van der Waals surface area (Å²) in [4.78, 5) is 25.7. The van der Waals surface area contributed by atoms with Gasteiger partial charge in [0.1, 0.15) is 0 Å². The van der Waals surface area contributed by atoms with Crippen molar-refractivity contribution in [2.24, 2.45) is 0 Å². The van der Waals surface area contributed by atoms with Crippen molar-refractivity contribution in [1.82, 2.24) is 0 Å². The molecule has 0 unspecified atom stereocenters. The lowest BCUT2D eigenvalue weighted by atomic mass is 10.1. The van der Waals surface area contributed by atoms with E-state index in [0.29, 0.717) is 14.9 Å². The fourth-order valence-electron chi connectivity index (χ4n) is 2.28. The minimum absolute atomic E-state index is 0.115. The van der Waals surface area contributed by atoms with Crippen LogP contribution in [0.5, 0.6) is 0 Å². The summed E-state index contributed by atoms with van der Waals surface area (Å²) < 4.78 is 0.390. The Kier molecular flexibility index (Phi) is 4.51. The van der Waals surface area contributed by atoms with Crippen LogP contribution in [0.1, 0.15) is 21.5 Å². The van der Waals surface area contributed by atoms with E-state index in [1.165, 1.54) is 28.8 Å². The van der Waals surface area contributed by atoms with Crippen LogP contribution >= 0.6 is 24.0 Å². The molecule has 0 aromatic heterocycles. The van der Waals surface area contributed by atoms with Crippen molar-refractivity contribution in [3.63, 3.8) is 0 Å². The molecule has 2 aromatic rings. The van der Waals surface area contributed by atoms with Gasteiger partial charge in [-0.15, -0.1) is 0 Å². The third-order valence-corrected chi connectivity index (χ3v) is 4.82. The second-order valence-electron chi connectivity index (χ2n) is 5.28. The zero-order valence-electron chi connectivity index (χ0n) is 12.7. The number of thiocarbonyl (C=S) groups is 1. The summed E-state index contributed by atoms with van der Waals surface area (Å²) >= 11 is 6.51. The summed E-state index contributed by atoms with van der Waals surface area (Å²) in [5.41, 5.74) is 2.64. The van der Waals surface area contributed by atoms with Crippen LogP contribution in [0.4, 0.5) is 5.69 Å². The highest BCUT2D eigenvalue weighted by atomic mass is 32.2. The minimum Gasteiger partial charge on any atom is -0.478 e. The molecule has 0 radical (unpaired) electrons. The Bertz CT molecular complexity index is 872. The Morgan fingerprint density at radius 1 is 1.21 bits per heavy atom. The zero-order valence-corrected chi connectivity index (χ0v) is 14.4. The molecule has 1 saturated heterocycles. The van der Waals surface area contributed by atoms with Crippen LogP contribution in [0.25, 0.3) is 6.08 Å². The van der Waals surface area contributed by atoms with Gasteiger partial charge < -0.3 is 5.11 Å². The number of aryl methyl sites for hydroxylation is 1. The van der Waals surface area contributed by atoms with Gasteiger partial charge in [-0.05, 0) is 36.8 Å². The Labute approximate surface area is 148 Å². The molecule has 2 aromatic carbocycles. The van der Waals surface area contributed by atoms with Gasteiger partial charge in [-0.1, -0.05) is 59.9 Å². The van der Waals surface area contributed by atoms with Crippen molar-refractivity contribution in [3.8, 4) is 0 Å². The predicted molar refractivity (Wildman–Crippen MR) is 100 cm³/mol. The number of anilines is 1. The molecule has 1 aliphatic heterocycles. The second-order valence-corrected chi connectivity index (χ2v) is 6.96. The van der Waals surface area contributed by atoms with E-state index in [1.807, 2.05) is 31.2 Å². The highest BCUT2D eigenvalue weighted by Crippen LogP contribution is 2.36. The lowest BCUT2D eigenvalue weighted by molar-refractivity contribution is -0.113. The Balaban J connectivity index is 1.93. The number of amides is 1. The third-order valence-electron chi connectivity index (χ3n) is 3.52. The highest BCUT2D eigenvalue weighted by molar-refractivity contribution is 8.27. The third kappa shape index (κ3) is 3.25. The van der Waals surface area contributed by atoms with Gasteiger partial charge in [-0.25, -0.2) is 4.79 Å². The number of thioether (sulfide) groups is 1. The summed E-state index contributed by atoms with van der Waals surface area (Å²) in [5.74, 6) is -1.29. The number of nitrogens with zero attached hydrogens (tertiary/aromatic N) is 1. The first kappa shape index (κ1) is 16.4. The highest BCUT2D eigenvalue weighted by Gasteiger charge is 2.33. The normalized spacial score (nSPS) is 16.0. The van der Waals surface area contributed by atoms with Crippen molar-refractivity contribution in [2.75, 3.05) is 4.90 Å². The number of benzene rings is 2. The number of aromatic carboxylic acids is 1. The van der Waals surface area contributed by atoms with E-state index >= 15 is 0 Å². The van der Waals surface area contributed by atoms with E-state index in [2.05, 4.69) is 0 Å². The molecule has 6 heteroatoms. The maximum Gasteiger partial charge on any atom is 0.335 e. The number of carboxylic acid groups (broad SMARTS) is 1. The fraction of sp³-hybridized carbons (Fsp3) is 0.0556. The van der Waals surface area contributed by atoms with Gasteiger partial charge in [-0.2, -0.15) is 0 Å². The molecule has 0 aliphatic carbocycles. The molecule has 1 heterocycles. The summed E-state index contributed by atoms with van der Waals surface area (Å²) in [5, 5.41) is 9.10. The van der Waals surface area contributed by atoms with Gasteiger partial charge in [0.25, 0.3) is 5.91 Å². The standard InChI is InChI=1S/C18H13NO3S2/c1-11-5-7-12(8-6-11)9-15-16(20)19(18(23)24-15)14-4-2-3-13(10-14)17(21)22/h2-10H,1H3,(H,21,22)/b15-9+. The van der Waals surface area contributed by atoms with Gasteiger partial charge in [-0.3, -0.25) is 9.69 Å². The van der Waals surface area contributed by atoms with Gasteiger partial charge in [0, 0.05) is 0 Å². The Morgan fingerprint density at radius 2 is 1.92 bits per heavy atom. The molecule has 1 amide bonds. The Hall–Kier alpha value is -2.44. The van der Waals surface area contributed by atoms with Crippen LogP contribution in [0.3, 0.4) is 0 Å². The molecule has 0 bridgehead atoms.